The molecule has 7 nitrogen and oxygen atoms in total. The third kappa shape index (κ3) is 5.50. The van der Waals surface area contributed by atoms with Crippen LogP contribution < -0.4 is 0 Å². The van der Waals surface area contributed by atoms with Crippen molar-refractivity contribution in [1.29, 1.82) is 0 Å². The van der Waals surface area contributed by atoms with Crippen molar-refractivity contribution in [3.8, 4) is 11.3 Å². The molecule has 2 aliphatic heterocycles. The lowest BCUT2D eigenvalue weighted by Crippen LogP contribution is -2.52. The molecule has 2 saturated heterocycles. The van der Waals surface area contributed by atoms with Gasteiger partial charge in [-0.3, -0.25) is 14.5 Å². The van der Waals surface area contributed by atoms with Crippen LogP contribution in [-0.4, -0.2) is 77.3 Å². The molecule has 0 aliphatic carbocycles. The molecule has 0 saturated carbocycles. The van der Waals surface area contributed by atoms with E-state index < -0.39 is 0 Å². The maximum atomic E-state index is 13.9. The summed E-state index contributed by atoms with van der Waals surface area (Å²) in [4.78, 5) is 35.1. The summed E-state index contributed by atoms with van der Waals surface area (Å²) in [6, 6.07) is 6.38. The van der Waals surface area contributed by atoms with E-state index in [1.54, 1.807) is 18.2 Å². The number of oxazole rings is 1. The Balaban J connectivity index is 1.21. The molecule has 2 aliphatic rings. The summed E-state index contributed by atoms with van der Waals surface area (Å²) in [5.74, 6) is 0.685. The Morgan fingerprint density at radius 3 is 2.39 bits per heavy atom. The van der Waals surface area contributed by atoms with E-state index in [2.05, 4.69) is 9.88 Å². The average Bonchev–Trinajstić information content (AvgIpc) is 3.27. The summed E-state index contributed by atoms with van der Waals surface area (Å²) >= 11 is 0. The summed E-state index contributed by atoms with van der Waals surface area (Å²) in [6.45, 7) is 4.85. The number of aromatic nitrogens is 1. The lowest BCUT2D eigenvalue weighted by atomic mass is 10.1. The van der Waals surface area contributed by atoms with Gasteiger partial charge in [-0.1, -0.05) is 12.1 Å². The molecule has 2 fully saturated rings. The van der Waals surface area contributed by atoms with Gasteiger partial charge in [-0.15, -0.1) is 0 Å². The molecule has 0 bridgehead atoms. The highest BCUT2D eigenvalue weighted by Crippen LogP contribution is 2.23. The summed E-state index contributed by atoms with van der Waals surface area (Å²) < 4.78 is 19.5. The number of rotatable bonds is 6. The van der Waals surface area contributed by atoms with E-state index in [-0.39, 0.29) is 17.6 Å². The van der Waals surface area contributed by atoms with Gasteiger partial charge in [0.05, 0.1) is 18.3 Å². The Morgan fingerprint density at radius 1 is 0.935 bits per heavy atom. The molecule has 1 aromatic heterocycles. The Kier molecular flexibility index (Phi) is 6.96. The van der Waals surface area contributed by atoms with Crippen molar-refractivity contribution >= 4 is 11.8 Å². The second-order valence-corrected chi connectivity index (χ2v) is 8.20. The molecule has 4 rings (SSSR count). The highest BCUT2D eigenvalue weighted by Gasteiger charge is 2.25. The van der Waals surface area contributed by atoms with Gasteiger partial charge in [0.15, 0.2) is 11.7 Å². The minimum Gasteiger partial charge on any atom is -0.441 e. The number of amides is 2. The van der Waals surface area contributed by atoms with E-state index in [0.717, 1.165) is 25.9 Å². The molecule has 0 radical (unpaired) electrons. The third-order valence-electron chi connectivity index (χ3n) is 6.04. The van der Waals surface area contributed by atoms with Crippen LogP contribution in [0.3, 0.4) is 0 Å². The maximum Gasteiger partial charge on any atom is 0.236 e. The van der Waals surface area contributed by atoms with Gasteiger partial charge in [0, 0.05) is 52.1 Å². The van der Waals surface area contributed by atoms with Crippen molar-refractivity contribution in [3.63, 3.8) is 0 Å². The fourth-order valence-corrected chi connectivity index (χ4v) is 4.17. The highest BCUT2D eigenvalue weighted by molar-refractivity contribution is 5.78. The van der Waals surface area contributed by atoms with Gasteiger partial charge in [0.25, 0.3) is 0 Å². The molecule has 0 unspecified atom stereocenters. The summed E-state index contributed by atoms with van der Waals surface area (Å²) in [5, 5.41) is 0. The predicted molar refractivity (Wildman–Crippen MR) is 114 cm³/mol. The SMILES string of the molecule is O=C(CCc1ncc(-c2ccccc2F)o1)N1CCN(CC(=O)N2CCCCC2)CC1. The molecule has 2 amide bonds. The molecule has 0 atom stereocenters. The number of piperidine rings is 1. The number of nitrogens with zero attached hydrogens (tertiary/aromatic N) is 4. The predicted octanol–water partition coefficient (Wildman–Crippen LogP) is 2.57. The van der Waals surface area contributed by atoms with Crippen LogP contribution in [0.1, 0.15) is 31.6 Å². The topological polar surface area (TPSA) is 69.9 Å². The number of benzene rings is 1. The van der Waals surface area contributed by atoms with Crippen LogP contribution in [-0.2, 0) is 16.0 Å². The molecule has 0 spiro atoms. The van der Waals surface area contributed by atoms with Crippen LogP contribution in [0.4, 0.5) is 4.39 Å². The maximum absolute atomic E-state index is 13.9. The van der Waals surface area contributed by atoms with Crippen LogP contribution in [0.2, 0.25) is 0 Å². The number of hydrogen-bond donors (Lipinski definition) is 0. The Morgan fingerprint density at radius 2 is 1.65 bits per heavy atom. The van der Waals surface area contributed by atoms with Crippen LogP contribution in [0.15, 0.2) is 34.9 Å². The van der Waals surface area contributed by atoms with Crippen LogP contribution in [0, 0.1) is 5.82 Å². The van der Waals surface area contributed by atoms with Crippen LogP contribution >= 0.6 is 0 Å². The van der Waals surface area contributed by atoms with Gasteiger partial charge in [-0.2, -0.15) is 0 Å². The summed E-state index contributed by atoms with van der Waals surface area (Å²) in [7, 11) is 0. The molecular weight excluding hydrogens is 399 g/mol. The van der Waals surface area contributed by atoms with Crippen molar-refractivity contribution in [2.75, 3.05) is 45.8 Å². The zero-order valence-electron chi connectivity index (χ0n) is 17.8. The van der Waals surface area contributed by atoms with Gasteiger partial charge in [-0.25, -0.2) is 9.37 Å². The molecule has 3 heterocycles. The van der Waals surface area contributed by atoms with E-state index in [4.69, 9.17) is 4.42 Å². The fraction of sp³-hybridized carbons (Fsp3) is 0.522. The van der Waals surface area contributed by atoms with E-state index in [1.165, 1.54) is 18.7 Å². The van der Waals surface area contributed by atoms with Crippen molar-refractivity contribution in [3.05, 3.63) is 42.2 Å². The van der Waals surface area contributed by atoms with Crippen LogP contribution in [0.5, 0.6) is 0 Å². The van der Waals surface area contributed by atoms with E-state index in [9.17, 15) is 14.0 Å². The lowest BCUT2D eigenvalue weighted by molar-refractivity contribution is -0.135. The number of carbonyl (C=O) groups excluding carboxylic acids is 2. The number of piperazine rings is 1. The molecule has 2 aromatic rings. The smallest absolute Gasteiger partial charge is 0.236 e. The molecule has 0 N–H and O–H groups in total. The Hall–Kier alpha value is -2.74. The van der Waals surface area contributed by atoms with E-state index in [1.807, 2.05) is 9.80 Å². The van der Waals surface area contributed by atoms with Gasteiger partial charge < -0.3 is 14.2 Å². The number of halogens is 1. The zero-order valence-corrected chi connectivity index (χ0v) is 17.8. The van der Waals surface area contributed by atoms with Crippen molar-refractivity contribution in [1.82, 2.24) is 19.7 Å². The third-order valence-corrected chi connectivity index (χ3v) is 6.04. The normalized spacial score (nSPS) is 17.7. The number of hydrogen-bond acceptors (Lipinski definition) is 5. The Labute approximate surface area is 181 Å². The van der Waals surface area contributed by atoms with E-state index >= 15 is 0 Å². The summed E-state index contributed by atoms with van der Waals surface area (Å²) in [5.41, 5.74) is 0.364. The van der Waals surface area contributed by atoms with Gasteiger partial charge >= 0.3 is 0 Å². The fourth-order valence-electron chi connectivity index (χ4n) is 4.17. The van der Waals surface area contributed by atoms with Crippen molar-refractivity contribution in [2.45, 2.75) is 32.1 Å². The molecular formula is C23H29FN4O3. The van der Waals surface area contributed by atoms with Crippen molar-refractivity contribution < 1.29 is 18.4 Å². The second kappa shape index (κ2) is 10.0. The largest absolute Gasteiger partial charge is 0.441 e. The molecule has 8 heteroatoms. The summed E-state index contributed by atoms with van der Waals surface area (Å²) in [6.07, 6.45) is 5.57. The Bertz CT molecular complexity index is 902. The minimum absolute atomic E-state index is 0.0487. The minimum atomic E-state index is -0.363. The molecule has 1 aromatic carbocycles. The number of aryl methyl sites for hydroxylation is 1. The molecule has 166 valence electrons. The average molecular weight is 429 g/mol. The monoisotopic (exact) mass is 428 g/mol. The first kappa shape index (κ1) is 21.5. The zero-order chi connectivity index (χ0) is 21.6. The first-order valence-corrected chi connectivity index (χ1v) is 11.1. The van der Waals surface area contributed by atoms with Gasteiger partial charge in [-0.05, 0) is 31.4 Å². The molecule has 31 heavy (non-hydrogen) atoms. The quantitative estimate of drug-likeness (QED) is 0.707. The van der Waals surface area contributed by atoms with Gasteiger partial charge in [0.1, 0.15) is 5.82 Å². The van der Waals surface area contributed by atoms with E-state index in [0.29, 0.717) is 62.8 Å². The highest BCUT2D eigenvalue weighted by atomic mass is 19.1. The second-order valence-electron chi connectivity index (χ2n) is 8.20. The van der Waals surface area contributed by atoms with Gasteiger partial charge in [0.2, 0.25) is 11.8 Å². The number of carbonyl (C=O) groups is 2. The number of likely N-dealkylation sites (tertiary alicyclic amines) is 1. The van der Waals surface area contributed by atoms with Crippen molar-refractivity contribution in [2.24, 2.45) is 0 Å². The lowest BCUT2D eigenvalue weighted by Gasteiger charge is -2.36. The van der Waals surface area contributed by atoms with Crippen LogP contribution in [0.25, 0.3) is 11.3 Å². The first-order valence-electron chi connectivity index (χ1n) is 11.1. The standard InChI is InChI=1S/C23H29FN4O3/c24-19-7-3-2-6-18(19)20-16-25-21(31-20)8-9-22(29)28-14-12-26(13-15-28)17-23(30)27-10-4-1-5-11-27/h2-3,6-7,16H,1,4-5,8-15,17H2. The first-order chi connectivity index (χ1) is 15.1.